The lowest BCUT2D eigenvalue weighted by atomic mass is 10.0. The van der Waals surface area contributed by atoms with Gasteiger partial charge in [0.2, 0.25) is 0 Å². The maximum atomic E-state index is 12.9. The van der Waals surface area contributed by atoms with E-state index in [2.05, 4.69) is 24.0 Å². The first-order chi connectivity index (χ1) is 12.6. The average molecular weight is 370 g/mol. The van der Waals surface area contributed by atoms with Gasteiger partial charge in [0.25, 0.3) is 5.56 Å². The van der Waals surface area contributed by atoms with Gasteiger partial charge in [0.15, 0.2) is 0 Å². The molecule has 0 amide bonds. The van der Waals surface area contributed by atoms with Gasteiger partial charge in [-0.15, -0.1) is 11.3 Å². The highest BCUT2D eigenvalue weighted by Crippen LogP contribution is 2.30. The normalized spacial score (nSPS) is 11.0. The van der Waals surface area contributed by atoms with Crippen molar-refractivity contribution in [3.05, 3.63) is 51.9 Å². The van der Waals surface area contributed by atoms with Crippen LogP contribution in [0.5, 0.6) is 0 Å². The van der Waals surface area contributed by atoms with E-state index in [4.69, 9.17) is 4.74 Å². The topological polar surface area (TPSA) is 61.2 Å². The van der Waals surface area contributed by atoms with Crippen LogP contribution in [0.2, 0.25) is 0 Å². The van der Waals surface area contributed by atoms with Crippen LogP contribution in [0, 0.1) is 0 Å². The number of nitrogens with zero attached hydrogens (tertiary/aromatic N) is 2. The molecule has 0 aliphatic rings. The standard InChI is InChI=1S/C20H22N2O3S/c1-3-5-10-25-17(23)11-22-13-21-19-18(20(22)24)16(12-26-19)15-8-6-14(4-2)7-9-15/h6-9,12-13H,3-5,10-11H2,1-2H3. The van der Waals surface area contributed by atoms with Crippen LogP contribution in [0.15, 0.2) is 40.8 Å². The van der Waals surface area contributed by atoms with E-state index in [0.717, 1.165) is 30.4 Å². The molecule has 0 unspecified atom stereocenters. The molecule has 0 saturated heterocycles. The van der Waals surface area contributed by atoms with Gasteiger partial charge in [-0.1, -0.05) is 44.5 Å². The number of aryl methyl sites for hydroxylation is 1. The molecule has 0 aliphatic heterocycles. The molecule has 2 aromatic heterocycles. The van der Waals surface area contributed by atoms with Crippen LogP contribution in [0.4, 0.5) is 0 Å². The maximum absolute atomic E-state index is 12.9. The minimum Gasteiger partial charge on any atom is -0.464 e. The van der Waals surface area contributed by atoms with Gasteiger partial charge >= 0.3 is 5.97 Å². The molecule has 6 heteroatoms. The average Bonchev–Trinajstić information content (AvgIpc) is 3.09. The van der Waals surface area contributed by atoms with E-state index >= 15 is 0 Å². The SMILES string of the molecule is CCCCOC(=O)Cn1cnc2scc(-c3ccc(CC)cc3)c2c1=O. The molecular formula is C20H22N2O3S. The van der Waals surface area contributed by atoms with Gasteiger partial charge in [0, 0.05) is 10.9 Å². The summed E-state index contributed by atoms with van der Waals surface area (Å²) in [6.45, 7) is 4.40. The fraction of sp³-hybridized carbons (Fsp3) is 0.350. The second kappa shape index (κ2) is 8.27. The fourth-order valence-corrected chi connectivity index (χ4v) is 3.63. The molecule has 0 bridgehead atoms. The largest absolute Gasteiger partial charge is 0.464 e. The van der Waals surface area contributed by atoms with Crippen molar-refractivity contribution in [3.63, 3.8) is 0 Å². The van der Waals surface area contributed by atoms with Crippen LogP contribution >= 0.6 is 11.3 Å². The number of hydrogen-bond donors (Lipinski definition) is 0. The van der Waals surface area contributed by atoms with Crippen LogP contribution in [-0.2, 0) is 22.5 Å². The third kappa shape index (κ3) is 3.85. The summed E-state index contributed by atoms with van der Waals surface area (Å²) in [5, 5.41) is 2.51. The van der Waals surface area contributed by atoms with Crippen molar-refractivity contribution in [3.8, 4) is 11.1 Å². The Balaban J connectivity index is 1.92. The monoisotopic (exact) mass is 370 g/mol. The first-order valence-corrected chi connectivity index (χ1v) is 9.73. The second-order valence-corrected chi connectivity index (χ2v) is 6.99. The number of aromatic nitrogens is 2. The van der Waals surface area contributed by atoms with Gasteiger partial charge in [-0.3, -0.25) is 14.2 Å². The highest BCUT2D eigenvalue weighted by atomic mass is 32.1. The molecule has 0 atom stereocenters. The third-order valence-electron chi connectivity index (χ3n) is 4.29. The van der Waals surface area contributed by atoms with Gasteiger partial charge < -0.3 is 4.74 Å². The molecule has 0 saturated carbocycles. The lowest BCUT2D eigenvalue weighted by molar-refractivity contribution is -0.144. The molecule has 0 N–H and O–H groups in total. The number of unbranched alkanes of at least 4 members (excludes halogenated alkanes) is 1. The molecule has 0 spiro atoms. The minimum atomic E-state index is -0.411. The summed E-state index contributed by atoms with van der Waals surface area (Å²) in [7, 11) is 0. The van der Waals surface area contributed by atoms with Crippen molar-refractivity contribution >= 4 is 27.5 Å². The number of benzene rings is 1. The van der Waals surface area contributed by atoms with Crippen LogP contribution < -0.4 is 5.56 Å². The maximum Gasteiger partial charge on any atom is 0.326 e. The molecule has 1 aromatic carbocycles. The Kier molecular flexibility index (Phi) is 5.83. The number of hydrogen-bond acceptors (Lipinski definition) is 5. The Labute approximate surface area is 156 Å². The smallest absolute Gasteiger partial charge is 0.326 e. The molecule has 0 fully saturated rings. The quantitative estimate of drug-likeness (QED) is 0.465. The van der Waals surface area contributed by atoms with E-state index in [0.29, 0.717) is 16.8 Å². The summed E-state index contributed by atoms with van der Waals surface area (Å²) in [6.07, 6.45) is 4.17. The lowest BCUT2D eigenvalue weighted by Crippen LogP contribution is -2.25. The minimum absolute atomic E-state index is 0.116. The Bertz CT molecular complexity index is 957. The van der Waals surface area contributed by atoms with Gasteiger partial charge in [-0.05, 0) is 24.0 Å². The lowest BCUT2D eigenvalue weighted by Gasteiger charge is -2.07. The van der Waals surface area contributed by atoms with Gasteiger partial charge in [-0.25, -0.2) is 4.98 Å². The van der Waals surface area contributed by atoms with Crippen molar-refractivity contribution in [1.29, 1.82) is 0 Å². The molecule has 0 aliphatic carbocycles. The van der Waals surface area contributed by atoms with Gasteiger partial charge in [0.1, 0.15) is 11.4 Å². The van der Waals surface area contributed by atoms with Crippen molar-refractivity contribution in [2.45, 2.75) is 39.7 Å². The third-order valence-corrected chi connectivity index (χ3v) is 5.18. The Morgan fingerprint density at radius 3 is 2.69 bits per heavy atom. The predicted octanol–water partition coefficient (Wildman–Crippen LogP) is 4.03. The fourth-order valence-electron chi connectivity index (χ4n) is 2.73. The molecule has 3 aromatic rings. The Hall–Kier alpha value is -2.47. The Morgan fingerprint density at radius 1 is 1.23 bits per heavy atom. The predicted molar refractivity (Wildman–Crippen MR) is 105 cm³/mol. The highest BCUT2D eigenvalue weighted by Gasteiger charge is 2.15. The summed E-state index contributed by atoms with van der Waals surface area (Å²) in [5.41, 5.74) is 2.88. The molecule has 3 rings (SSSR count). The molecular weight excluding hydrogens is 348 g/mol. The summed E-state index contributed by atoms with van der Waals surface area (Å²) in [6, 6.07) is 8.18. The van der Waals surface area contributed by atoms with E-state index in [-0.39, 0.29) is 12.1 Å². The van der Waals surface area contributed by atoms with E-state index in [1.807, 2.05) is 24.4 Å². The van der Waals surface area contributed by atoms with Crippen molar-refractivity contribution in [2.75, 3.05) is 6.61 Å². The van der Waals surface area contributed by atoms with E-state index < -0.39 is 5.97 Å². The van der Waals surface area contributed by atoms with E-state index in [9.17, 15) is 9.59 Å². The van der Waals surface area contributed by atoms with Crippen molar-refractivity contribution in [2.24, 2.45) is 0 Å². The summed E-state index contributed by atoms with van der Waals surface area (Å²) < 4.78 is 6.48. The van der Waals surface area contributed by atoms with Gasteiger partial charge in [0.05, 0.1) is 18.3 Å². The number of fused-ring (bicyclic) bond motifs is 1. The summed E-state index contributed by atoms with van der Waals surface area (Å²) in [4.78, 5) is 29.9. The number of rotatable bonds is 7. The van der Waals surface area contributed by atoms with E-state index in [1.54, 1.807) is 0 Å². The summed E-state index contributed by atoms with van der Waals surface area (Å²) >= 11 is 1.44. The first-order valence-electron chi connectivity index (χ1n) is 8.85. The molecule has 26 heavy (non-hydrogen) atoms. The number of carbonyl (C=O) groups is 1. The zero-order valence-corrected chi connectivity index (χ0v) is 15.8. The number of esters is 1. The Morgan fingerprint density at radius 2 is 2.00 bits per heavy atom. The van der Waals surface area contributed by atoms with Crippen LogP contribution in [0.3, 0.4) is 0 Å². The van der Waals surface area contributed by atoms with Gasteiger partial charge in [-0.2, -0.15) is 0 Å². The molecule has 0 radical (unpaired) electrons. The zero-order valence-electron chi connectivity index (χ0n) is 15.0. The second-order valence-electron chi connectivity index (χ2n) is 6.13. The first kappa shape index (κ1) is 18.3. The van der Waals surface area contributed by atoms with Crippen LogP contribution in [-0.4, -0.2) is 22.1 Å². The molecule has 2 heterocycles. The molecule has 5 nitrogen and oxygen atoms in total. The van der Waals surface area contributed by atoms with Crippen LogP contribution in [0.1, 0.15) is 32.3 Å². The summed E-state index contributed by atoms with van der Waals surface area (Å²) in [5.74, 6) is -0.411. The van der Waals surface area contributed by atoms with Crippen molar-refractivity contribution < 1.29 is 9.53 Å². The van der Waals surface area contributed by atoms with E-state index in [1.165, 1.54) is 27.8 Å². The zero-order chi connectivity index (χ0) is 18.5. The molecule has 136 valence electrons. The number of carbonyl (C=O) groups excluding carboxylic acids is 1. The highest BCUT2D eigenvalue weighted by molar-refractivity contribution is 7.17. The van der Waals surface area contributed by atoms with Crippen molar-refractivity contribution in [1.82, 2.24) is 9.55 Å². The number of thiophene rings is 1. The van der Waals surface area contributed by atoms with Crippen LogP contribution in [0.25, 0.3) is 21.3 Å². The number of ether oxygens (including phenoxy) is 1.